The maximum Gasteiger partial charge on any atom is 0.345 e. The molecule has 0 bridgehead atoms. The van der Waals surface area contributed by atoms with Crippen LogP contribution < -0.4 is 10.4 Å². The lowest BCUT2D eigenvalue weighted by molar-refractivity contribution is -0.257. The molecule has 3 aromatic rings. The third-order valence-corrected chi connectivity index (χ3v) is 11.7. The number of aromatic nitrogens is 1. The zero-order valence-electron chi connectivity index (χ0n) is 26.0. The van der Waals surface area contributed by atoms with Gasteiger partial charge in [0.15, 0.2) is 0 Å². The average molecular weight is 728 g/mol. The van der Waals surface area contributed by atoms with Crippen LogP contribution in [0.2, 0.25) is 0 Å². The van der Waals surface area contributed by atoms with Gasteiger partial charge in [0, 0.05) is 45.9 Å². The Hall–Kier alpha value is -3.25. The maximum absolute atomic E-state index is 13.7. The molecule has 0 radical (unpaired) electrons. The summed E-state index contributed by atoms with van der Waals surface area (Å²) in [6, 6.07) is 12.3. The van der Waals surface area contributed by atoms with Crippen LogP contribution in [0.4, 0.5) is 0 Å². The lowest BCUT2D eigenvalue weighted by Crippen LogP contribution is -2.70. The number of pyridine rings is 1. The molecule has 2 aliphatic carbocycles. The first-order valence-corrected chi connectivity index (χ1v) is 16.4. The molecule has 45 heavy (non-hydrogen) atoms. The van der Waals surface area contributed by atoms with Crippen LogP contribution in [0.25, 0.3) is 11.3 Å². The molecule has 238 valence electrons. The van der Waals surface area contributed by atoms with Gasteiger partial charge >= 0.3 is 17.6 Å². The number of ether oxygens (including phenoxy) is 3. The van der Waals surface area contributed by atoms with E-state index in [0.29, 0.717) is 17.5 Å². The summed E-state index contributed by atoms with van der Waals surface area (Å²) in [5, 5.41) is 12.2. The van der Waals surface area contributed by atoms with E-state index in [9.17, 15) is 19.5 Å². The molecule has 0 spiro atoms. The van der Waals surface area contributed by atoms with Gasteiger partial charge in [-0.3, -0.25) is 9.78 Å². The number of carbonyl (C=O) groups excluding carboxylic acids is 2. The van der Waals surface area contributed by atoms with Crippen LogP contribution in [-0.4, -0.2) is 40.3 Å². The highest BCUT2D eigenvalue weighted by atomic mass is 127. The second-order valence-electron chi connectivity index (χ2n) is 13.6. The molecule has 3 heterocycles. The van der Waals surface area contributed by atoms with Crippen LogP contribution in [0.3, 0.4) is 0 Å². The molecule has 6 rings (SSSR count). The van der Waals surface area contributed by atoms with Gasteiger partial charge in [0.2, 0.25) is 0 Å². The minimum Gasteiger partial charge on any atom is -0.482 e. The van der Waals surface area contributed by atoms with Crippen LogP contribution in [0.15, 0.2) is 64.1 Å². The number of hydrogen-bond acceptors (Lipinski definition) is 9. The second-order valence-corrected chi connectivity index (χ2v) is 14.8. The van der Waals surface area contributed by atoms with Gasteiger partial charge in [-0.05, 0) is 96.4 Å². The summed E-state index contributed by atoms with van der Waals surface area (Å²) in [6.07, 6.45) is 3.11. The molecule has 10 heteroatoms. The largest absolute Gasteiger partial charge is 0.482 e. The van der Waals surface area contributed by atoms with Gasteiger partial charge in [-0.25, -0.2) is 9.59 Å². The van der Waals surface area contributed by atoms with E-state index in [-0.39, 0.29) is 41.5 Å². The molecule has 3 aliphatic rings. The van der Waals surface area contributed by atoms with Crippen LogP contribution >= 0.6 is 22.6 Å². The first-order chi connectivity index (χ1) is 21.3. The van der Waals surface area contributed by atoms with Crippen LogP contribution in [0.1, 0.15) is 75.9 Å². The van der Waals surface area contributed by atoms with E-state index in [1.807, 2.05) is 13.0 Å². The Balaban J connectivity index is 1.50. The van der Waals surface area contributed by atoms with Crippen molar-refractivity contribution < 1.29 is 33.3 Å². The number of esters is 2. The van der Waals surface area contributed by atoms with Crippen molar-refractivity contribution in [3.63, 3.8) is 0 Å². The molecule has 1 aliphatic heterocycles. The molecule has 9 nitrogen and oxygen atoms in total. The van der Waals surface area contributed by atoms with Crippen molar-refractivity contribution in [1.29, 1.82) is 0 Å². The quantitative estimate of drug-likeness (QED) is 0.236. The number of rotatable bonds is 5. The van der Waals surface area contributed by atoms with Crippen LogP contribution in [-0.2, 0) is 14.3 Å². The van der Waals surface area contributed by atoms with Crippen molar-refractivity contribution >= 4 is 34.5 Å². The minimum absolute atomic E-state index is 0.0509. The van der Waals surface area contributed by atoms with Gasteiger partial charge in [0.25, 0.3) is 0 Å². The number of halogens is 1. The monoisotopic (exact) mass is 727 g/mol. The number of carbonyl (C=O) groups is 2. The number of benzene rings is 1. The lowest BCUT2D eigenvalue weighted by Gasteiger charge is -2.66. The van der Waals surface area contributed by atoms with Crippen molar-refractivity contribution in [2.45, 2.75) is 71.7 Å². The van der Waals surface area contributed by atoms with Gasteiger partial charge in [0.05, 0.1) is 18.3 Å². The van der Waals surface area contributed by atoms with Gasteiger partial charge in [-0.2, -0.15) is 0 Å². The normalized spacial score (nSPS) is 33.5. The fraction of sp³-hybridized carbons (Fsp3) is 0.486. The summed E-state index contributed by atoms with van der Waals surface area (Å²) < 4.78 is 25.4. The smallest absolute Gasteiger partial charge is 0.345 e. The molecule has 1 N–H and O–H groups in total. The zero-order valence-corrected chi connectivity index (χ0v) is 28.2. The number of aliphatic hydroxyl groups is 1. The molecule has 2 unspecified atom stereocenters. The van der Waals surface area contributed by atoms with E-state index in [1.165, 1.54) is 6.92 Å². The van der Waals surface area contributed by atoms with E-state index in [1.54, 1.807) is 48.8 Å². The Morgan fingerprint density at radius 1 is 1.16 bits per heavy atom. The molecule has 2 fully saturated rings. The molecule has 2 saturated carbocycles. The highest BCUT2D eigenvalue weighted by Gasteiger charge is 2.70. The summed E-state index contributed by atoms with van der Waals surface area (Å²) in [6.45, 7) is 9.85. The van der Waals surface area contributed by atoms with Crippen LogP contribution in [0, 0.1) is 32.2 Å². The van der Waals surface area contributed by atoms with Crippen molar-refractivity contribution in [1.82, 2.24) is 4.98 Å². The topological polar surface area (TPSA) is 125 Å². The highest BCUT2D eigenvalue weighted by Crippen LogP contribution is 2.68. The standard InChI is InChI=1S/C35H38INO8/c1-19-11-12-33(3)26(34(19,4)18-42-20(2)38)16-27(44-31(40)21-8-6-10-23(36)14-21)35(5)30(33)29(39)28-25(45-35)15-24(43-32(28)41)22-9-7-13-37-17-22/h6-10,13-15,17,19,26-27,29-30,39H,11-12,16,18H2,1-5H3/t19-,26?,27-,29-,30?,33-,34+,35+/m0/s1. The van der Waals surface area contributed by atoms with Gasteiger partial charge in [-0.15, -0.1) is 0 Å². The zero-order chi connectivity index (χ0) is 32.3. The van der Waals surface area contributed by atoms with Crippen molar-refractivity contribution in [2.24, 2.45) is 28.6 Å². The molecule has 0 amide bonds. The third-order valence-electron chi connectivity index (χ3n) is 11.0. The van der Waals surface area contributed by atoms with E-state index in [2.05, 4.69) is 48.3 Å². The summed E-state index contributed by atoms with van der Waals surface area (Å²) in [7, 11) is 0. The van der Waals surface area contributed by atoms with Gasteiger partial charge in [0.1, 0.15) is 28.8 Å². The summed E-state index contributed by atoms with van der Waals surface area (Å²) in [5.74, 6) is -1.04. The summed E-state index contributed by atoms with van der Waals surface area (Å²) in [4.78, 5) is 43.4. The molecular formula is C35H38INO8. The van der Waals surface area contributed by atoms with E-state index >= 15 is 0 Å². The number of fused-ring (bicyclic) bond motifs is 4. The predicted octanol–water partition coefficient (Wildman–Crippen LogP) is 6.36. The van der Waals surface area contributed by atoms with Gasteiger partial charge < -0.3 is 23.7 Å². The van der Waals surface area contributed by atoms with E-state index in [4.69, 9.17) is 18.6 Å². The van der Waals surface area contributed by atoms with Crippen molar-refractivity contribution in [2.75, 3.05) is 6.61 Å². The third kappa shape index (κ3) is 5.27. The van der Waals surface area contributed by atoms with Crippen molar-refractivity contribution in [3.8, 4) is 17.1 Å². The second kappa shape index (κ2) is 11.5. The fourth-order valence-corrected chi connectivity index (χ4v) is 9.05. The number of aliphatic hydroxyl groups excluding tert-OH is 1. The molecule has 2 aromatic heterocycles. The molecular weight excluding hydrogens is 689 g/mol. The SMILES string of the molecule is CC(=O)OC[C@@]1(C)C2C[C@H](OC(=O)c3cccc(I)c3)[C@@]3(C)Oc4cc(-c5cccnc5)oc(=O)c4[C@H](O)C3[C@@]2(C)CC[C@@H]1C. The summed E-state index contributed by atoms with van der Waals surface area (Å²) >= 11 is 2.15. The molecule has 0 saturated heterocycles. The Morgan fingerprint density at radius 2 is 1.93 bits per heavy atom. The molecule has 1 aromatic carbocycles. The van der Waals surface area contributed by atoms with Crippen LogP contribution in [0.5, 0.6) is 5.75 Å². The fourth-order valence-electron chi connectivity index (χ4n) is 8.51. The van der Waals surface area contributed by atoms with E-state index < -0.39 is 46.2 Å². The first kappa shape index (κ1) is 31.7. The van der Waals surface area contributed by atoms with E-state index in [0.717, 1.165) is 16.4 Å². The number of nitrogens with zero attached hydrogens (tertiary/aromatic N) is 1. The number of hydrogen-bond donors (Lipinski definition) is 1. The Labute approximate surface area is 275 Å². The first-order valence-electron chi connectivity index (χ1n) is 15.3. The minimum atomic E-state index is -1.27. The Bertz CT molecular complexity index is 1690. The molecule has 8 atom stereocenters. The Kier molecular flexibility index (Phi) is 8.12. The average Bonchev–Trinajstić information content (AvgIpc) is 2.99. The summed E-state index contributed by atoms with van der Waals surface area (Å²) in [5.41, 5.74) is -1.93. The lowest BCUT2D eigenvalue weighted by atomic mass is 9.41. The predicted molar refractivity (Wildman–Crippen MR) is 173 cm³/mol. The van der Waals surface area contributed by atoms with Gasteiger partial charge in [-0.1, -0.05) is 26.8 Å². The maximum atomic E-state index is 13.7. The highest BCUT2D eigenvalue weighted by molar-refractivity contribution is 14.1. The Morgan fingerprint density at radius 3 is 2.62 bits per heavy atom. The van der Waals surface area contributed by atoms with Crippen molar-refractivity contribution in [3.05, 3.63) is 80.0 Å².